The molecule has 0 saturated heterocycles. The van der Waals surface area contributed by atoms with Gasteiger partial charge in [-0.15, -0.1) is 0 Å². The number of hydrogen-bond donors (Lipinski definition) is 2. The van der Waals surface area contributed by atoms with Gasteiger partial charge in [0.1, 0.15) is 5.75 Å². The van der Waals surface area contributed by atoms with Crippen molar-refractivity contribution in [2.45, 2.75) is 18.7 Å². The molecule has 2 N–H and O–H groups in total. The number of sulfonamides is 1. The number of methoxy groups -OCH3 is 1. The van der Waals surface area contributed by atoms with Gasteiger partial charge in [-0.05, 0) is 42.8 Å². The molecule has 122 valence electrons. The predicted octanol–water partition coefficient (Wildman–Crippen LogP) is 2.76. The average molecular weight is 334 g/mol. The van der Waals surface area contributed by atoms with Crippen LogP contribution in [0.4, 0.5) is 11.4 Å². The zero-order valence-electron chi connectivity index (χ0n) is 13.1. The fourth-order valence-electron chi connectivity index (χ4n) is 2.03. The quantitative estimate of drug-likeness (QED) is 0.880. The maximum atomic E-state index is 12.4. The fourth-order valence-corrected chi connectivity index (χ4v) is 3.17. The Morgan fingerprint density at radius 2 is 1.87 bits per heavy atom. The van der Waals surface area contributed by atoms with Crippen molar-refractivity contribution in [2.24, 2.45) is 0 Å². The van der Waals surface area contributed by atoms with E-state index in [9.17, 15) is 13.2 Å². The number of nitrogens with one attached hydrogen (secondary N) is 2. The van der Waals surface area contributed by atoms with Gasteiger partial charge in [0.15, 0.2) is 0 Å². The first-order valence-corrected chi connectivity index (χ1v) is 8.35. The van der Waals surface area contributed by atoms with E-state index in [1.54, 1.807) is 37.3 Å². The minimum absolute atomic E-state index is 0.118. The van der Waals surface area contributed by atoms with Crippen LogP contribution in [0.3, 0.4) is 0 Å². The summed E-state index contributed by atoms with van der Waals surface area (Å²) in [7, 11) is -2.21. The largest absolute Gasteiger partial charge is 0.497 e. The van der Waals surface area contributed by atoms with Crippen LogP contribution >= 0.6 is 0 Å². The van der Waals surface area contributed by atoms with Crippen LogP contribution in [0.25, 0.3) is 0 Å². The van der Waals surface area contributed by atoms with Crippen LogP contribution in [0.5, 0.6) is 5.75 Å². The molecule has 0 fully saturated rings. The van der Waals surface area contributed by atoms with Crippen molar-refractivity contribution in [2.75, 3.05) is 17.1 Å². The molecule has 0 aliphatic heterocycles. The van der Waals surface area contributed by atoms with E-state index in [1.165, 1.54) is 26.2 Å². The van der Waals surface area contributed by atoms with Gasteiger partial charge in [0.2, 0.25) is 5.91 Å². The molecule has 0 heterocycles. The number of rotatable bonds is 5. The number of carbonyl (C=O) groups is 1. The molecule has 23 heavy (non-hydrogen) atoms. The molecule has 0 spiro atoms. The maximum absolute atomic E-state index is 12.4. The third-order valence-electron chi connectivity index (χ3n) is 3.14. The minimum atomic E-state index is -3.72. The summed E-state index contributed by atoms with van der Waals surface area (Å²) >= 11 is 0. The second kappa shape index (κ2) is 6.70. The molecule has 6 nitrogen and oxygen atoms in total. The topological polar surface area (TPSA) is 84.5 Å². The highest BCUT2D eigenvalue weighted by Gasteiger charge is 2.16. The standard InChI is InChI=1S/C16H18N2O4S/c1-11-9-15(7-8-16(11)17-12(2)19)23(20,21)18-13-5-4-6-14(10-13)22-3/h4-10,18H,1-3H3,(H,17,19). The second-order valence-corrected chi connectivity index (χ2v) is 6.68. The third kappa shape index (κ3) is 4.23. The van der Waals surface area contributed by atoms with Crippen molar-refractivity contribution in [3.05, 3.63) is 48.0 Å². The van der Waals surface area contributed by atoms with E-state index in [2.05, 4.69) is 10.0 Å². The van der Waals surface area contributed by atoms with Gasteiger partial charge in [-0.2, -0.15) is 0 Å². The summed E-state index contributed by atoms with van der Waals surface area (Å²) in [5, 5.41) is 2.65. The maximum Gasteiger partial charge on any atom is 0.261 e. The number of hydrogen-bond acceptors (Lipinski definition) is 4. The Hall–Kier alpha value is -2.54. The molecule has 0 unspecified atom stereocenters. The van der Waals surface area contributed by atoms with Crippen molar-refractivity contribution in [3.63, 3.8) is 0 Å². The molecule has 2 rings (SSSR count). The third-order valence-corrected chi connectivity index (χ3v) is 4.52. The molecule has 0 saturated carbocycles. The molecule has 0 aromatic heterocycles. The number of anilines is 2. The van der Waals surface area contributed by atoms with Crippen LogP contribution in [0.1, 0.15) is 12.5 Å². The second-order valence-electron chi connectivity index (χ2n) is 5.00. The molecule has 1 amide bonds. The van der Waals surface area contributed by atoms with Crippen LogP contribution in [0.2, 0.25) is 0 Å². The molecule has 0 aliphatic carbocycles. The highest BCUT2D eigenvalue weighted by atomic mass is 32.2. The summed E-state index contributed by atoms with van der Waals surface area (Å²) in [6.07, 6.45) is 0. The van der Waals surface area contributed by atoms with Crippen LogP contribution in [0.15, 0.2) is 47.4 Å². The summed E-state index contributed by atoms with van der Waals surface area (Å²) in [5.74, 6) is 0.348. The highest BCUT2D eigenvalue weighted by molar-refractivity contribution is 7.92. The van der Waals surface area contributed by atoms with E-state index < -0.39 is 10.0 Å². The fraction of sp³-hybridized carbons (Fsp3) is 0.188. The predicted molar refractivity (Wildman–Crippen MR) is 89.3 cm³/mol. The first-order valence-electron chi connectivity index (χ1n) is 6.87. The molecule has 2 aromatic rings. The molecule has 0 radical (unpaired) electrons. The Kier molecular flexibility index (Phi) is 4.90. The van der Waals surface area contributed by atoms with Crippen LogP contribution in [0, 0.1) is 6.92 Å². The molecule has 7 heteroatoms. The Bertz CT molecular complexity index is 832. The van der Waals surface area contributed by atoms with Gasteiger partial charge >= 0.3 is 0 Å². The van der Waals surface area contributed by atoms with E-state index in [1.807, 2.05) is 0 Å². The van der Waals surface area contributed by atoms with Gasteiger partial charge in [0.05, 0.1) is 17.7 Å². The zero-order valence-corrected chi connectivity index (χ0v) is 13.9. The smallest absolute Gasteiger partial charge is 0.261 e. The van der Waals surface area contributed by atoms with Crippen molar-refractivity contribution < 1.29 is 17.9 Å². The molecular formula is C16H18N2O4S. The number of benzene rings is 2. The first-order chi connectivity index (χ1) is 10.8. The lowest BCUT2D eigenvalue weighted by Crippen LogP contribution is -2.14. The first kappa shape index (κ1) is 16.8. The lowest BCUT2D eigenvalue weighted by atomic mass is 10.2. The summed E-state index contributed by atoms with van der Waals surface area (Å²) in [6, 6.07) is 11.2. The normalized spacial score (nSPS) is 10.9. The zero-order chi connectivity index (χ0) is 17.0. The summed E-state index contributed by atoms with van der Waals surface area (Å²) in [4.78, 5) is 11.2. The summed E-state index contributed by atoms with van der Waals surface area (Å²) in [5.41, 5.74) is 1.65. The number of aryl methyl sites for hydroxylation is 1. The van der Waals surface area contributed by atoms with Gasteiger partial charge in [-0.25, -0.2) is 8.42 Å². The molecule has 2 aromatic carbocycles. The summed E-state index contributed by atoms with van der Waals surface area (Å²) < 4.78 is 32.5. The number of amides is 1. The Labute approximate surface area is 135 Å². The summed E-state index contributed by atoms with van der Waals surface area (Å²) in [6.45, 7) is 3.13. The SMILES string of the molecule is COc1cccc(NS(=O)(=O)c2ccc(NC(C)=O)c(C)c2)c1. The van der Waals surface area contributed by atoms with E-state index in [0.29, 0.717) is 22.7 Å². The van der Waals surface area contributed by atoms with Gasteiger partial charge in [0.25, 0.3) is 10.0 Å². The van der Waals surface area contributed by atoms with Crippen LogP contribution in [-0.4, -0.2) is 21.4 Å². The van der Waals surface area contributed by atoms with Gasteiger partial charge in [-0.3, -0.25) is 9.52 Å². The van der Waals surface area contributed by atoms with Gasteiger partial charge in [-0.1, -0.05) is 6.07 Å². The van der Waals surface area contributed by atoms with Crippen LogP contribution < -0.4 is 14.8 Å². The molecule has 0 aliphatic rings. The average Bonchev–Trinajstić information content (AvgIpc) is 2.48. The van der Waals surface area contributed by atoms with Crippen molar-refractivity contribution in [1.29, 1.82) is 0 Å². The Morgan fingerprint density at radius 1 is 1.13 bits per heavy atom. The van der Waals surface area contributed by atoms with Gasteiger partial charge in [0, 0.05) is 18.7 Å². The van der Waals surface area contributed by atoms with E-state index >= 15 is 0 Å². The van der Waals surface area contributed by atoms with E-state index in [4.69, 9.17) is 4.74 Å². The molecule has 0 atom stereocenters. The van der Waals surface area contributed by atoms with Crippen LogP contribution in [-0.2, 0) is 14.8 Å². The Morgan fingerprint density at radius 3 is 2.48 bits per heavy atom. The Balaban J connectivity index is 2.28. The van der Waals surface area contributed by atoms with Crippen molar-refractivity contribution in [3.8, 4) is 5.75 Å². The van der Waals surface area contributed by atoms with E-state index in [-0.39, 0.29) is 10.8 Å². The molecular weight excluding hydrogens is 316 g/mol. The van der Waals surface area contributed by atoms with E-state index in [0.717, 1.165) is 0 Å². The van der Waals surface area contributed by atoms with Crippen molar-refractivity contribution in [1.82, 2.24) is 0 Å². The lowest BCUT2D eigenvalue weighted by molar-refractivity contribution is -0.114. The minimum Gasteiger partial charge on any atom is -0.497 e. The highest BCUT2D eigenvalue weighted by Crippen LogP contribution is 2.23. The number of ether oxygens (including phenoxy) is 1. The monoisotopic (exact) mass is 334 g/mol. The van der Waals surface area contributed by atoms with Gasteiger partial charge < -0.3 is 10.1 Å². The van der Waals surface area contributed by atoms with Crippen molar-refractivity contribution >= 4 is 27.3 Å². The number of carbonyl (C=O) groups excluding carboxylic acids is 1. The lowest BCUT2D eigenvalue weighted by Gasteiger charge is -2.12. The molecule has 0 bridgehead atoms.